The third-order valence-corrected chi connectivity index (χ3v) is 5.16. The third-order valence-electron chi connectivity index (χ3n) is 4.36. The van der Waals surface area contributed by atoms with Crippen molar-refractivity contribution in [2.24, 2.45) is 0 Å². The van der Waals surface area contributed by atoms with Gasteiger partial charge < -0.3 is 15.0 Å². The summed E-state index contributed by atoms with van der Waals surface area (Å²) >= 11 is 12.7. The quantitative estimate of drug-likeness (QED) is 0.667. The SMILES string of the molecule is O=C(CO)NC1Cc2c(-c3cn[nH]c3)c3ccc(Cl)c(Cl)c3n2C1. The van der Waals surface area contributed by atoms with Gasteiger partial charge >= 0.3 is 0 Å². The number of benzene rings is 1. The maximum atomic E-state index is 11.5. The van der Waals surface area contributed by atoms with Gasteiger partial charge in [0.2, 0.25) is 5.91 Å². The first-order valence-electron chi connectivity index (χ1n) is 7.48. The molecule has 0 aliphatic carbocycles. The lowest BCUT2D eigenvalue weighted by Crippen LogP contribution is -2.37. The lowest BCUT2D eigenvalue weighted by Gasteiger charge is -2.12. The predicted octanol–water partition coefficient (Wildman–Crippen LogP) is 2.37. The van der Waals surface area contributed by atoms with Crippen LogP contribution in [0, 0.1) is 0 Å². The summed E-state index contributed by atoms with van der Waals surface area (Å²) in [5, 5.41) is 20.6. The number of amides is 1. The van der Waals surface area contributed by atoms with Crippen LogP contribution in [-0.4, -0.2) is 38.4 Å². The van der Waals surface area contributed by atoms with Crippen LogP contribution in [0.15, 0.2) is 24.5 Å². The van der Waals surface area contributed by atoms with E-state index in [0.29, 0.717) is 23.0 Å². The van der Waals surface area contributed by atoms with Crippen LogP contribution in [0.1, 0.15) is 5.69 Å². The van der Waals surface area contributed by atoms with Gasteiger partial charge in [-0.1, -0.05) is 29.3 Å². The molecule has 124 valence electrons. The average Bonchev–Trinajstić information content (AvgIpc) is 3.26. The molecule has 0 fully saturated rings. The maximum Gasteiger partial charge on any atom is 0.245 e. The van der Waals surface area contributed by atoms with Gasteiger partial charge in [-0.25, -0.2) is 0 Å². The van der Waals surface area contributed by atoms with Gasteiger partial charge in [-0.15, -0.1) is 0 Å². The van der Waals surface area contributed by atoms with Gasteiger partial charge in [0.25, 0.3) is 0 Å². The highest BCUT2D eigenvalue weighted by molar-refractivity contribution is 6.45. The molecule has 0 spiro atoms. The summed E-state index contributed by atoms with van der Waals surface area (Å²) in [4.78, 5) is 11.5. The van der Waals surface area contributed by atoms with E-state index < -0.39 is 6.61 Å². The fraction of sp³-hybridized carbons (Fsp3) is 0.250. The minimum Gasteiger partial charge on any atom is -0.387 e. The van der Waals surface area contributed by atoms with Gasteiger partial charge in [0.05, 0.1) is 27.8 Å². The molecule has 1 unspecified atom stereocenters. The molecule has 1 aliphatic heterocycles. The molecule has 3 N–H and O–H groups in total. The molecule has 2 aromatic heterocycles. The summed E-state index contributed by atoms with van der Waals surface area (Å²) in [6.45, 7) is 0.0583. The minimum absolute atomic E-state index is 0.0928. The Morgan fingerprint density at radius 3 is 3.00 bits per heavy atom. The molecule has 8 heteroatoms. The van der Waals surface area contributed by atoms with Crippen molar-refractivity contribution in [3.05, 3.63) is 40.3 Å². The van der Waals surface area contributed by atoms with Crippen molar-refractivity contribution in [3.8, 4) is 11.1 Å². The molecule has 24 heavy (non-hydrogen) atoms. The highest BCUT2D eigenvalue weighted by Gasteiger charge is 2.30. The number of halogens is 2. The first-order valence-corrected chi connectivity index (χ1v) is 8.24. The molecule has 0 saturated carbocycles. The zero-order valence-corrected chi connectivity index (χ0v) is 14.0. The van der Waals surface area contributed by atoms with Crippen molar-refractivity contribution >= 4 is 40.0 Å². The summed E-state index contributed by atoms with van der Waals surface area (Å²) in [5.74, 6) is -0.385. The number of nitrogens with one attached hydrogen (secondary N) is 2. The van der Waals surface area contributed by atoms with Crippen molar-refractivity contribution in [2.75, 3.05) is 6.61 Å². The van der Waals surface area contributed by atoms with E-state index in [0.717, 1.165) is 27.7 Å². The summed E-state index contributed by atoms with van der Waals surface area (Å²) < 4.78 is 2.09. The number of fused-ring (bicyclic) bond motifs is 3. The highest BCUT2D eigenvalue weighted by Crippen LogP contribution is 2.42. The van der Waals surface area contributed by atoms with Crippen LogP contribution in [0.2, 0.25) is 10.0 Å². The van der Waals surface area contributed by atoms with Gasteiger partial charge in [-0.2, -0.15) is 5.10 Å². The van der Waals surface area contributed by atoms with Gasteiger partial charge in [0, 0.05) is 41.4 Å². The summed E-state index contributed by atoms with van der Waals surface area (Å²) in [7, 11) is 0. The summed E-state index contributed by atoms with van der Waals surface area (Å²) in [5.41, 5.74) is 3.93. The molecule has 1 aliphatic rings. The lowest BCUT2D eigenvalue weighted by atomic mass is 10.0. The normalized spacial score (nSPS) is 16.5. The Kier molecular flexibility index (Phi) is 3.75. The molecule has 0 radical (unpaired) electrons. The van der Waals surface area contributed by atoms with E-state index in [1.807, 2.05) is 12.3 Å². The van der Waals surface area contributed by atoms with E-state index in [1.54, 1.807) is 12.3 Å². The number of hydrogen-bond donors (Lipinski definition) is 3. The second-order valence-electron chi connectivity index (χ2n) is 5.80. The number of aromatic amines is 1. The molecular formula is C16H14Cl2N4O2. The van der Waals surface area contributed by atoms with Gasteiger partial charge in [0.1, 0.15) is 6.61 Å². The Hall–Kier alpha value is -2.02. The van der Waals surface area contributed by atoms with E-state index in [4.69, 9.17) is 28.3 Å². The lowest BCUT2D eigenvalue weighted by molar-refractivity contribution is -0.124. The van der Waals surface area contributed by atoms with Crippen LogP contribution < -0.4 is 5.32 Å². The summed E-state index contributed by atoms with van der Waals surface area (Å²) in [6, 6.07) is 3.65. The fourth-order valence-electron chi connectivity index (χ4n) is 3.44. The number of H-pyrrole nitrogens is 1. The molecule has 1 amide bonds. The van der Waals surface area contributed by atoms with Crippen molar-refractivity contribution < 1.29 is 9.90 Å². The zero-order valence-electron chi connectivity index (χ0n) is 12.5. The monoisotopic (exact) mass is 364 g/mol. The Bertz CT molecular complexity index is 934. The second kappa shape index (κ2) is 5.81. The molecule has 1 atom stereocenters. The van der Waals surface area contributed by atoms with E-state index >= 15 is 0 Å². The molecule has 6 nitrogen and oxygen atoms in total. The number of carbonyl (C=O) groups excluding carboxylic acids is 1. The standard InChI is InChI=1S/C16H14Cl2N4O2/c17-11-2-1-10-14(8-4-19-20-5-8)12-3-9(21-13(24)7-23)6-22(12)16(10)15(11)18/h1-2,4-5,9,23H,3,6-7H2,(H,19,20)(H,21,24). The number of carbonyl (C=O) groups is 1. The van der Waals surface area contributed by atoms with Crippen molar-refractivity contribution in [3.63, 3.8) is 0 Å². The third kappa shape index (κ3) is 2.30. The van der Waals surface area contributed by atoms with E-state index in [-0.39, 0.29) is 11.9 Å². The average molecular weight is 365 g/mol. The summed E-state index contributed by atoms with van der Waals surface area (Å²) in [6.07, 6.45) is 4.24. The van der Waals surface area contributed by atoms with Crippen molar-refractivity contribution in [1.29, 1.82) is 0 Å². The topological polar surface area (TPSA) is 82.9 Å². The van der Waals surface area contributed by atoms with E-state index in [2.05, 4.69) is 20.1 Å². The van der Waals surface area contributed by atoms with E-state index in [1.165, 1.54) is 0 Å². The van der Waals surface area contributed by atoms with Crippen molar-refractivity contribution in [2.45, 2.75) is 19.0 Å². The van der Waals surface area contributed by atoms with Crippen molar-refractivity contribution in [1.82, 2.24) is 20.1 Å². The second-order valence-corrected chi connectivity index (χ2v) is 6.59. The number of rotatable bonds is 3. The molecule has 0 bridgehead atoms. The molecule has 4 rings (SSSR count). The maximum absolute atomic E-state index is 11.5. The van der Waals surface area contributed by atoms with Crippen LogP contribution in [0.4, 0.5) is 0 Å². The van der Waals surface area contributed by atoms with Gasteiger partial charge in [-0.3, -0.25) is 9.89 Å². The first-order chi connectivity index (χ1) is 11.6. The first kappa shape index (κ1) is 15.5. The molecule has 3 heterocycles. The number of hydrogen-bond acceptors (Lipinski definition) is 3. The smallest absolute Gasteiger partial charge is 0.245 e. The largest absolute Gasteiger partial charge is 0.387 e. The number of aliphatic hydroxyl groups excluding tert-OH is 1. The zero-order chi connectivity index (χ0) is 16.8. The van der Waals surface area contributed by atoms with Crippen LogP contribution in [0.5, 0.6) is 0 Å². The Balaban J connectivity index is 1.89. The van der Waals surface area contributed by atoms with Crippen LogP contribution in [0.3, 0.4) is 0 Å². The Morgan fingerprint density at radius 1 is 1.46 bits per heavy atom. The van der Waals surface area contributed by atoms with Crippen LogP contribution in [-0.2, 0) is 17.8 Å². The Morgan fingerprint density at radius 2 is 2.29 bits per heavy atom. The fourth-order valence-corrected chi connectivity index (χ4v) is 3.86. The number of aliphatic hydroxyl groups is 1. The minimum atomic E-state index is -0.521. The number of nitrogens with zero attached hydrogens (tertiary/aromatic N) is 2. The molecule has 1 aromatic carbocycles. The number of aromatic nitrogens is 3. The van der Waals surface area contributed by atoms with Crippen LogP contribution >= 0.6 is 23.2 Å². The predicted molar refractivity (Wildman–Crippen MR) is 92.3 cm³/mol. The van der Waals surface area contributed by atoms with Crippen LogP contribution in [0.25, 0.3) is 22.0 Å². The molecule has 3 aromatic rings. The van der Waals surface area contributed by atoms with Gasteiger partial charge in [0.15, 0.2) is 0 Å². The van der Waals surface area contributed by atoms with E-state index in [9.17, 15) is 4.79 Å². The van der Waals surface area contributed by atoms with Gasteiger partial charge in [-0.05, 0) is 6.07 Å². The molecule has 0 saturated heterocycles. The highest BCUT2D eigenvalue weighted by atomic mass is 35.5. The molecular weight excluding hydrogens is 351 g/mol. The Labute approximate surface area is 147 Å².